The molecule has 1 aliphatic carbocycles. The van der Waals surface area contributed by atoms with E-state index in [0.29, 0.717) is 6.04 Å². The highest BCUT2D eigenvalue weighted by Crippen LogP contribution is 2.31. The van der Waals surface area contributed by atoms with Gasteiger partial charge < -0.3 is 5.32 Å². The molecule has 1 aromatic carbocycles. The van der Waals surface area contributed by atoms with Crippen LogP contribution in [0, 0.1) is 6.92 Å². The number of benzene rings is 1. The van der Waals surface area contributed by atoms with Crippen LogP contribution >= 0.6 is 0 Å². The fourth-order valence-corrected chi connectivity index (χ4v) is 3.63. The summed E-state index contributed by atoms with van der Waals surface area (Å²) in [7, 11) is 1.82. The van der Waals surface area contributed by atoms with E-state index in [1.165, 1.54) is 18.4 Å². The Balaban J connectivity index is 1.77. The first-order valence-electron chi connectivity index (χ1n) is 8.54. The van der Waals surface area contributed by atoms with Gasteiger partial charge in [0.2, 0.25) is 0 Å². The van der Waals surface area contributed by atoms with E-state index in [0.717, 1.165) is 35.4 Å². The Labute approximate surface area is 140 Å². The zero-order chi connectivity index (χ0) is 16.7. The predicted molar refractivity (Wildman–Crippen MR) is 96.9 cm³/mol. The van der Waals surface area contributed by atoms with Crippen molar-refractivity contribution in [2.24, 2.45) is 7.05 Å². The van der Waals surface area contributed by atoms with Crippen LogP contribution in [0.1, 0.15) is 37.3 Å². The number of aromatic nitrogens is 3. The molecule has 0 amide bonds. The summed E-state index contributed by atoms with van der Waals surface area (Å²) in [6.45, 7) is 2.07. The Hall–Kier alpha value is -2.56. The number of rotatable bonds is 3. The van der Waals surface area contributed by atoms with Crippen LogP contribution in [0.15, 0.2) is 41.3 Å². The van der Waals surface area contributed by atoms with Gasteiger partial charge in [-0.05, 0) is 31.9 Å². The van der Waals surface area contributed by atoms with Crippen molar-refractivity contribution >= 4 is 22.5 Å². The van der Waals surface area contributed by atoms with Gasteiger partial charge in [-0.25, -0.2) is 9.78 Å². The highest BCUT2D eigenvalue weighted by atomic mass is 16.1. The highest BCUT2D eigenvalue weighted by Gasteiger charge is 2.23. The summed E-state index contributed by atoms with van der Waals surface area (Å²) < 4.78 is 3.67. The van der Waals surface area contributed by atoms with E-state index >= 15 is 0 Å². The molecule has 0 radical (unpaired) electrons. The van der Waals surface area contributed by atoms with Crippen molar-refractivity contribution in [1.82, 2.24) is 14.1 Å². The van der Waals surface area contributed by atoms with Crippen molar-refractivity contribution in [2.45, 2.75) is 38.6 Å². The summed E-state index contributed by atoms with van der Waals surface area (Å²) in [4.78, 5) is 17.1. The van der Waals surface area contributed by atoms with Crippen LogP contribution in [0.5, 0.6) is 0 Å². The van der Waals surface area contributed by atoms with Crippen LogP contribution in [0.2, 0.25) is 0 Å². The summed E-state index contributed by atoms with van der Waals surface area (Å²) in [6, 6.07) is 10.5. The number of hydrogen-bond donors (Lipinski definition) is 1. The normalized spacial score (nSPS) is 15.2. The maximum absolute atomic E-state index is 12.7. The molecule has 24 heavy (non-hydrogen) atoms. The van der Waals surface area contributed by atoms with Crippen molar-refractivity contribution in [3.8, 4) is 0 Å². The van der Waals surface area contributed by atoms with Gasteiger partial charge in [-0.2, -0.15) is 0 Å². The van der Waals surface area contributed by atoms with E-state index in [4.69, 9.17) is 0 Å². The third kappa shape index (κ3) is 2.50. The maximum atomic E-state index is 12.7. The zero-order valence-corrected chi connectivity index (χ0v) is 14.1. The van der Waals surface area contributed by atoms with Gasteiger partial charge in [0.1, 0.15) is 5.82 Å². The van der Waals surface area contributed by atoms with Crippen LogP contribution in [-0.2, 0) is 7.05 Å². The summed E-state index contributed by atoms with van der Waals surface area (Å²) in [5.74, 6) is 0.767. The zero-order valence-electron chi connectivity index (χ0n) is 14.1. The van der Waals surface area contributed by atoms with Crippen molar-refractivity contribution in [3.05, 3.63) is 52.6 Å². The molecular formula is C19H22N4O. The third-order valence-electron chi connectivity index (χ3n) is 4.99. The van der Waals surface area contributed by atoms with Gasteiger partial charge >= 0.3 is 5.69 Å². The molecule has 3 aromatic rings. The first kappa shape index (κ1) is 15.0. The molecule has 5 nitrogen and oxygen atoms in total. The minimum absolute atomic E-state index is 0.0613. The van der Waals surface area contributed by atoms with Crippen molar-refractivity contribution in [3.63, 3.8) is 0 Å². The number of anilines is 2. The minimum atomic E-state index is 0.0613. The quantitative estimate of drug-likeness (QED) is 0.795. The summed E-state index contributed by atoms with van der Waals surface area (Å²) >= 11 is 0. The van der Waals surface area contributed by atoms with Crippen molar-refractivity contribution in [1.29, 1.82) is 0 Å². The highest BCUT2D eigenvalue weighted by molar-refractivity contribution is 5.79. The number of pyridine rings is 1. The second-order valence-electron chi connectivity index (χ2n) is 6.70. The first-order chi connectivity index (χ1) is 11.6. The summed E-state index contributed by atoms with van der Waals surface area (Å²) in [6.07, 6.45) is 6.36. The van der Waals surface area contributed by atoms with E-state index in [2.05, 4.69) is 29.4 Å². The van der Waals surface area contributed by atoms with Crippen LogP contribution in [0.25, 0.3) is 11.0 Å². The molecule has 2 aromatic heterocycles. The smallest absolute Gasteiger partial charge is 0.329 e. The maximum Gasteiger partial charge on any atom is 0.329 e. The predicted octanol–water partition coefficient (Wildman–Crippen LogP) is 3.90. The number of aryl methyl sites for hydroxylation is 2. The lowest BCUT2D eigenvalue weighted by Gasteiger charge is -2.12. The molecule has 5 heteroatoms. The largest absolute Gasteiger partial charge is 0.340 e. The molecular weight excluding hydrogens is 300 g/mol. The van der Waals surface area contributed by atoms with Gasteiger partial charge in [-0.3, -0.25) is 9.13 Å². The second kappa shape index (κ2) is 5.82. The van der Waals surface area contributed by atoms with Gasteiger partial charge in [0, 0.05) is 24.8 Å². The first-order valence-corrected chi connectivity index (χ1v) is 8.54. The van der Waals surface area contributed by atoms with Crippen LogP contribution in [0.4, 0.5) is 11.5 Å². The van der Waals surface area contributed by atoms with Crippen molar-refractivity contribution in [2.75, 3.05) is 5.32 Å². The number of imidazole rings is 1. The average Bonchev–Trinajstić information content (AvgIpc) is 3.18. The van der Waals surface area contributed by atoms with Gasteiger partial charge in [-0.1, -0.05) is 30.5 Å². The summed E-state index contributed by atoms with van der Waals surface area (Å²) in [5, 5.41) is 3.33. The van der Waals surface area contributed by atoms with E-state index in [1.54, 1.807) is 10.8 Å². The molecule has 0 atom stereocenters. The van der Waals surface area contributed by atoms with Gasteiger partial charge in [0.15, 0.2) is 0 Å². The van der Waals surface area contributed by atoms with Gasteiger partial charge in [-0.15, -0.1) is 0 Å². The Kier molecular flexibility index (Phi) is 3.63. The van der Waals surface area contributed by atoms with Crippen molar-refractivity contribution < 1.29 is 0 Å². The molecule has 1 aliphatic rings. The summed E-state index contributed by atoms with van der Waals surface area (Å²) in [5.41, 5.74) is 4.15. The van der Waals surface area contributed by atoms with Crippen LogP contribution in [-0.4, -0.2) is 14.1 Å². The van der Waals surface area contributed by atoms with E-state index < -0.39 is 0 Å². The molecule has 4 rings (SSSR count). The Morgan fingerprint density at radius 1 is 1.12 bits per heavy atom. The number of fused-ring (bicyclic) bond motifs is 1. The Morgan fingerprint density at radius 2 is 1.83 bits per heavy atom. The Morgan fingerprint density at radius 3 is 2.54 bits per heavy atom. The molecule has 1 fully saturated rings. The molecule has 1 N–H and O–H groups in total. The lowest BCUT2D eigenvalue weighted by atomic mass is 10.2. The van der Waals surface area contributed by atoms with E-state index in [1.807, 2.05) is 29.8 Å². The molecule has 0 aliphatic heterocycles. The molecule has 0 unspecified atom stereocenters. The fraction of sp³-hybridized carbons (Fsp3) is 0.368. The molecule has 124 valence electrons. The SMILES string of the molecule is Cc1ccc(Nc2cc3c(cn2)n(C)c(=O)n3C2CCCC2)cc1. The van der Waals surface area contributed by atoms with Crippen LogP contribution < -0.4 is 11.0 Å². The molecule has 1 saturated carbocycles. The topological polar surface area (TPSA) is 51.9 Å². The average molecular weight is 322 g/mol. The molecule has 0 saturated heterocycles. The Bertz CT molecular complexity index is 930. The molecule has 2 heterocycles. The second-order valence-corrected chi connectivity index (χ2v) is 6.70. The third-order valence-corrected chi connectivity index (χ3v) is 4.99. The van der Waals surface area contributed by atoms with Gasteiger partial charge in [0.05, 0.1) is 17.2 Å². The number of nitrogens with one attached hydrogen (secondary N) is 1. The van der Waals surface area contributed by atoms with Gasteiger partial charge in [0.25, 0.3) is 0 Å². The monoisotopic (exact) mass is 322 g/mol. The standard InChI is InChI=1S/C19H22N4O/c1-13-7-9-14(10-8-13)21-18-11-16-17(12-20-18)22(2)19(24)23(16)15-5-3-4-6-15/h7-12,15H,3-6H2,1-2H3,(H,20,21). The van der Waals surface area contributed by atoms with E-state index in [9.17, 15) is 4.79 Å². The fourth-order valence-electron chi connectivity index (χ4n) is 3.63. The minimum Gasteiger partial charge on any atom is -0.340 e. The number of nitrogens with zero attached hydrogens (tertiary/aromatic N) is 3. The van der Waals surface area contributed by atoms with E-state index in [-0.39, 0.29) is 5.69 Å². The molecule has 0 spiro atoms. The lowest BCUT2D eigenvalue weighted by molar-refractivity contribution is 0.509. The van der Waals surface area contributed by atoms with Crippen LogP contribution in [0.3, 0.4) is 0 Å². The molecule has 0 bridgehead atoms. The number of hydrogen-bond acceptors (Lipinski definition) is 3. The lowest BCUT2D eigenvalue weighted by Crippen LogP contribution is -2.24.